The number of piperazine rings is 1. The van der Waals surface area contributed by atoms with Gasteiger partial charge in [-0.2, -0.15) is 0 Å². The minimum Gasteiger partial charge on any atom is -0.368 e. The van der Waals surface area contributed by atoms with E-state index in [4.69, 9.17) is 4.98 Å². The van der Waals surface area contributed by atoms with Gasteiger partial charge in [-0.3, -0.25) is 0 Å². The number of hydrogen-bond donors (Lipinski definition) is 2. The highest BCUT2D eigenvalue weighted by molar-refractivity contribution is 5.79. The van der Waals surface area contributed by atoms with E-state index in [1.807, 2.05) is 26.2 Å². The lowest BCUT2D eigenvalue weighted by Gasteiger charge is -2.40. The number of carbonyl (C=O) groups excluding carboxylic acids is 1. The molecule has 0 amide bonds. The summed E-state index contributed by atoms with van der Waals surface area (Å²) in [6, 6.07) is 8.51. The molecule has 1 saturated heterocycles. The number of nitrogens with zero attached hydrogens (tertiary/aromatic N) is 3. The van der Waals surface area contributed by atoms with E-state index in [-0.39, 0.29) is 5.54 Å². The number of aromatic amines is 1. The normalized spacial score (nSPS) is 16.9. The molecule has 0 spiro atoms. The van der Waals surface area contributed by atoms with E-state index in [1.165, 1.54) is 5.69 Å². The minimum atomic E-state index is -0.429. The first kappa shape index (κ1) is 19.6. The lowest BCUT2D eigenvalue weighted by Crippen LogP contribution is -2.57. The second-order valence-corrected chi connectivity index (χ2v) is 9.33. The minimum absolute atomic E-state index is 0.0956. The van der Waals surface area contributed by atoms with Gasteiger partial charge in [-0.05, 0) is 38.0 Å². The van der Waals surface area contributed by atoms with Gasteiger partial charge in [0.2, 0.25) is 0 Å². The van der Waals surface area contributed by atoms with Crippen molar-refractivity contribution < 1.29 is 4.79 Å². The van der Waals surface area contributed by atoms with Crippen LogP contribution in [0.3, 0.4) is 0 Å². The molecule has 4 rings (SSSR count). The van der Waals surface area contributed by atoms with Crippen LogP contribution in [-0.2, 0) is 11.2 Å². The number of rotatable bonds is 5. The third-order valence-electron chi connectivity index (χ3n) is 5.50. The zero-order chi connectivity index (χ0) is 20.6. The summed E-state index contributed by atoms with van der Waals surface area (Å²) in [5.74, 6) is 0. The fourth-order valence-corrected chi connectivity index (χ4v) is 3.97. The molecular formula is C23H29N5O. The fourth-order valence-electron chi connectivity index (χ4n) is 3.97. The molecule has 3 aromatic rings. The van der Waals surface area contributed by atoms with Crippen LogP contribution in [0.1, 0.15) is 33.3 Å². The molecule has 6 nitrogen and oxygen atoms in total. The first-order valence-electron chi connectivity index (χ1n) is 10.2. The Morgan fingerprint density at radius 1 is 1.31 bits per heavy atom. The molecule has 0 aliphatic carbocycles. The molecule has 1 aromatic carbocycles. The summed E-state index contributed by atoms with van der Waals surface area (Å²) in [6.07, 6.45) is 5.36. The van der Waals surface area contributed by atoms with Crippen molar-refractivity contribution in [3.05, 3.63) is 42.2 Å². The topological polar surface area (TPSA) is 73.9 Å². The van der Waals surface area contributed by atoms with Crippen LogP contribution in [0.4, 0.5) is 5.69 Å². The van der Waals surface area contributed by atoms with Gasteiger partial charge in [0.25, 0.3) is 0 Å². The van der Waals surface area contributed by atoms with E-state index >= 15 is 0 Å². The largest absolute Gasteiger partial charge is 0.368 e. The van der Waals surface area contributed by atoms with Crippen LogP contribution in [0.5, 0.6) is 0 Å². The smallest absolute Gasteiger partial charge is 0.156 e. The Labute approximate surface area is 171 Å². The van der Waals surface area contributed by atoms with E-state index in [0.717, 1.165) is 53.9 Å². The quantitative estimate of drug-likeness (QED) is 0.651. The van der Waals surface area contributed by atoms with Gasteiger partial charge in [0.1, 0.15) is 11.8 Å². The number of hydrogen-bond acceptors (Lipinski definition) is 5. The standard InChI is InChI=1S/C23H29N5O/c1-22(2,15-29)11-17-12-24-21-20(17)27-19(13-25-21)16-6-5-7-18(10-16)28-9-8-26-23(3,4)14-28/h5-7,10,12-13,15,26H,8-9,11,14H2,1-4H3,(H,24,25). The number of fused-ring (bicyclic) bond motifs is 1. The van der Waals surface area contributed by atoms with Gasteiger partial charge in [0, 0.05) is 48.0 Å². The molecule has 6 heteroatoms. The second kappa shape index (κ2) is 7.26. The first-order valence-corrected chi connectivity index (χ1v) is 10.2. The SMILES string of the molecule is CC(C)(C=O)Cc1c[nH]c2ncc(-c3cccc(N4CCNC(C)(C)C4)c3)nc12. The molecule has 0 bridgehead atoms. The predicted octanol–water partition coefficient (Wildman–Crippen LogP) is 3.58. The maximum Gasteiger partial charge on any atom is 0.156 e. The van der Waals surface area contributed by atoms with Gasteiger partial charge < -0.3 is 20.0 Å². The first-order chi connectivity index (χ1) is 13.8. The lowest BCUT2D eigenvalue weighted by atomic mass is 9.88. The Morgan fingerprint density at radius 3 is 2.90 bits per heavy atom. The predicted molar refractivity (Wildman–Crippen MR) is 117 cm³/mol. The van der Waals surface area contributed by atoms with Crippen LogP contribution in [0.15, 0.2) is 36.7 Å². The number of aldehydes is 1. The molecule has 0 saturated carbocycles. The van der Waals surface area contributed by atoms with Crippen LogP contribution in [0.25, 0.3) is 22.4 Å². The van der Waals surface area contributed by atoms with Crippen molar-refractivity contribution in [1.82, 2.24) is 20.3 Å². The molecule has 29 heavy (non-hydrogen) atoms. The van der Waals surface area contributed by atoms with Gasteiger partial charge in [0.05, 0.1) is 11.9 Å². The van der Waals surface area contributed by atoms with Crippen molar-refractivity contribution in [3.63, 3.8) is 0 Å². The number of carbonyl (C=O) groups is 1. The molecule has 1 aliphatic rings. The summed E-state index contributed by atoms with van der Waals surface area (Å²) in [5.41, 5.74) is 5.38. The molecule has 3 heterocycles. The number of H-pyrrole nitrogens is 1. The Balaban J connectivity index is 1.67. The van der Waals surface area contributed by atoms with Crippen LogP contribution in [-0.4, -0.2) is 46.4 Å². The monoisotopic (exact) mass is 391 g/mol. The number of aromatic nitrogens is 3. The third kappa shape index (κ3) is 4.17. The fraction of sp³-hybridized carbons (Fsp3) is 0.435. The molecule has 0 radical (unpaired) electrons. The highest BCUT2D eigenvalue weighted by Crippen LogP contribution is 2.28. The molecule has 2 N–H and O–H groups in total. The second-order valence-electron chi connectivity index (χ2n) is 9.33. The van der Waals surface area contributed by atoms with E-state index in [0.29, 0.717) is 6.42 Å². The number of anilines is 1. The van der Waals surface area contributed by atoms with Gasteiger partial charge in [-0.15, -0.1) is 0 Å². The van der Waals surface area contributed by atoms with Crippen molar-refractivity contribution in [3.8, 4) is 11.3 Å². The molecule has 0 atom stereocenters. The lowest BCUT2D eigenvalue weighted by molar-refractivity contribution is -0.114. The number of nitrogens with one attached hydrogen (secondary N) is 2. The molecule has 0 unspecified atom stereocenters. The van der Waals surface area contributed by atoms with Gasteiger partial charge in [-0.1, -0.05) is 26.0 Å². The van der Waals surface area contributed by atoms with Crippen molar-refractivity contribution in [1.29, 1.82) is 0 Å². The molecule has 1 aliphatic heterocycles. The van der Waals surface area contributed by atoms with Crippen molar-refractivity contribution in [2.75, 3.05) is 24.5 Å². The zero-order valence-electron chi connectivity index (χ0n) is 17.6. The Kier molecular flexibility index (Phi) is 4.90. The number of benzene rings is 1. The van der Waals surface area contributed by atoms with Gasteiger partial charge >= 0.3 is 0 Å². The zero-order valence-corrected chi connectivity index (χ0v) is 17.6. The Morgan fingerprint density at radius 2 is 2.14 bits per heavy atom. The maximum absolute atomic E-state index is 11.4. The van der Waals surface area contributed by atoms with Crippen LogP contribution in [0.2, 0.25) is 0 Å². The van der Waals surface area contributed by atoms with Crippen molar-refractivity contribution in [2.24, 2.45) is 5.41 Å². The molecule has 1 fully saturated rings. The van der Waals surface area contributed by atoms with E-state index < -0.39 is 5.41 Å². The Bertz CT molecular complexity index is 1040. The molecule has 152 valence electrons. The molecule has 2 aromatic heterocycles. The highest BCUT2D eigenvalue weighted by Gasteiger charge is 2.26. The summed E-state index contributed by atoms with van der Waals surface area (Å²) in [6.45, 7) is 11.3. The van der Waals surface area contributed by atoms with Gasteiger partial charge in [0.15, 0.2) is 5.65 Å². The summed E-state index contributed by atoms with van der Waals surface area (Å²) in [5, 5.41) is 3.56. The summed E-state index contributed by atoms with van der Waals surface area (Å²) in [4.78, 5) is 26.4. The Hall–Kier alpha value is -2.73. The summed E-state index contributed by atoms with van der Waals surface area (Å²) >= 11 is 0. The van der Waals surface area contributed by atoms with Crippen molar-refractivity contribution in [2.45, 2.75) is 39.7 Å². The average molecular weight is 392 g/mol. The third-order valence-corrected chi connectivity index (χ3v) is 5.50. The van der Waals surface area contributed by atoms with E-state index in [9.17, 15) is 4.79 Å². The highest BCUT2D eigenvalue weighted by atomic mass is 16.1. The average Bonchev–Trinajstić information content (AvgIpc) is 3.09. The maximum atomic E-state index is 11.4. The van der Waals surface area contributed by atoms with E-state index in [2.05, 4.69) is 58.3 Å². The summed E-state index contributed by atoms with van der Waals surface area (Å²) < 4.78 is 0. The van der Waals surface area contributed by atoms with Crippen LogP contribution < -0.4 is 10.2 Å². The van der Waals surface area contributed by atoms with Crippen molar-refractivity contribution >= 4 is 23.1 Å². The van der Waals surface area contributed by atoms with Crippen LogP contribution in [0, 0.1) is 5.41 Å². The van der Waals surface area contributed by atoms with Crippen LogP contribution >= 0.6 is 0 Å². The molecular weight excluding hydrogens is 362 g/mol. The van der Waals surface area contributed by atoms with E-state index in [1.54, 1.807) is 0 Å². The van der Waals surface area contributed by atoms with Gasteiger partial charge in [-0.25, -0.2) is 9.97 Å². The summed E-state index contributed by atoms with van der Waals surface area (Å²) in [7, 11) is 0.